The van der Waals surface area contributed by atoms with Gasteiger partial charge in [0.25, 0.3) is 0 Å². The van der Waals surface area contributed by atoms with Gasteiger partial charge in [0.2, 0.25) is 0 Å². The molecule has 4 heteroatoms. The summed E-state index contributed by atoms with van der Waals surface area (Å²) in [4.78, 5) is 0. The van der Waals surface area contributed by atoms with E-state index in [1.807, 2.05) is 0 Å². The first-order chi connectivity index (χ1) is 14.4. The summed E-state index contributed by atoms with van der Waals surface area (Å²) < 4.78 is 14.4. The minimum atomic E-state index is -1.24. The van der Waals surface area contributed by atoms with Crippen molar-refractivity contribution in [3.63, 3.8) is 0 Å². The van der Waals surface area contributed by atoms with Gasteiger partial charge in [-0.25, -0.2) is 4.39 Å². The second-order valence-electron chi connectivity index (χ2n) is 13.1. The van der Waals surface area contributed by atoms with Gasteiger partial charge >= 0.3 is 0 Å². The third-order valence-electron chi connectivity index (χ3n) is 11.1. The van der Waals surface area contributed by atoms with Gasteiger partial charge in [0.05, 0.1) is 17.8 Å². The lowest BCUT2D eigenvalue weighted by Crippen LogP contribution is -2.58. The van der Waals surface area contributed by atoms with E-state index in [0.29, 0.717) is 29.6 Å². The molecule has 4 fully saturated rings. The van der Waals surface area contributed by atoms with Crippen LogP contribution in [0.2, 0.25) is 0 Å². The zero-order chi connectivity index (χ0) is 22.8. The minimum absolute atomic E-state index is 0.167. The largest absolute Gasteiger partial charge is 0.390 e. The molecular formula is C27H47FO3. The second-order valence-corrected chi connectivity index (χ2v) is 13.1. The summed E-state index contributed by atoms with van der Waals surface area (Å²) in [5, 5.41) is 31.0. The van der Waals surface area contributed by atoms with Gasteiger partial charge in [-0.05, 0) is 124 Å². The van der Waals surface area contributed by atoms with E-state index in [1.165, 1.54) is 32.1 Å². The Balaban J connectivity index is 1.46. The minimum Gasteiger partial charge on any atom is -0.390 e. The van der Waals surface area contributed by atoms with Crippen LogP contribution in [0.25, 0.3) is 0 Å². The third kappa shape index (κ3) is 3.91. The van der Waals surface area contributed by atoms with Crippen molar-refractivity contribution in [3.05, 3.63) is 0 Å². The highest BCUT2D eigenvalue weighted by Crippen LogP contribution is 2.68. The van der Waals surface area contributed by atoms with Gasteiger partial charge in [-0.3, -0.25) is 0 Å². The standard InChI is InChI=1S/C27H47FO3/c1-16(6-11-23(28)25(2,3)31)18-9-10-19-17-7-8-21-24(30)22(29)13-15-27(21,5)20(17)12-14-26(18,19)4/h16-24,29-31H,6-15H2,1-5H3/t16-,17+,18-,19+,20+,21+,22+,23?,24-,26-,27-/m1/s1. The van der Waals surface area contributed by atoms with Crippen molar-refractivity contribution in [1.29, 1.82) is 0 Å². The highest BCUT2D eigenvalue weighted by molar-refractivity contribution is 5.11. The highest BCUT2D eigenvalue weighted by atomic mass is 19.1. The van der Waals surface area contributed by atoms with Crippen LogP contribution in [0.1, 0.15) is 98.8 Å². The molecule has 4 aliphatic carbocycles. The molecule has 4 rings (SSSR count). The van der Waals surface area contributed by atoms with Crippen molar-refractivity contribution in [2.75, 3.05) is 0 Å². The molecule has 0 aromatic rings. The predicted octanol–water partition coefficient (Wildman–Crippen LogP) is 5.50. The van der Waals surface area contributed by atoms with Crippen LogP contribution in [-0.2, 0) is 0 Å². The number of halogens is 1. The third-order valence-corrected chi connectivity index (χ3v) is 11.1. The van der Waals surface area contributed by atoms with Crippen molar-refractivity contribution in [2.45, 2.75) is 123 Å². The molecule has 31 heavy (non-hydrogen) atoms. The molecule has 0 bridgehead atoms. The molecule has 0 aromatic carbocycles. The zero-order valence-corrected chi connectivity index (χ0v) is 20.5. The van der Waals surface area contributed by atoms with E-state index in [0.717, 1.165) is 37.5 Å². The van der Waals surface area contributed by atoms with E-state index in [4.69, 9.17) is 0 Å². The van der Waals surface area contributed by atoms with E-state index in [-0.39, 0.29) is 11.3 Å². The number of aliphatic hydroxyl groups excluding tert-OH is 2. The summed E-state index contributed by atoms with van der Waals surface area (Å²) in [5.41, 5.74) is -0.732. The fourth-order valence-electron chi connectivity index (χ4n) is 9.25. The number of alkyl halides is 1. The lowest BCUT2D eigenvalue weighted by molar-refractivity contribution is -0.174. The fraction of sp³-hybridized carbons (Fsp3) is 1.00. The zero-order valence-electron chi connectivity index (χ0n) is 20.5. The Hall–Kier alpha value is -0.190. The fourth-order valence-corrected chi connectivity index (χ4v) is 9.25. The molecule has 3 N–H and O–H groups in total. The Labute approximate surface area is 189 Å². The predicted molar refractivity (Wildman–Crippen MR) is 122 cm³/mol. The van der Waals surface area contributed by atoms with E-state index in [2.05, 4.69) is 20.8 Å². The van der Waals surface area contributed by atoms with Crippen LogP contribution in [0.5, 0.6) is 0 Å². The maximum atomic E-state index is 14.4. The summed E-state index contributed by atoms with van der Waals surface area (Å²) in [7, 11) is 0. The summed E-state index contributed by atoms with van der Waals surface area (Å²) in [5.74, 6) is 3.55. The van der Waals surface area contributed by atoms with Crippen LogP contribution >= 0.6 is 0 Å². The Morgan fingerprint density at radius 2 is 1.48 bits per heavy atom. The molecule has 0 spiro atoms. The normalized spacial score (nSPS) is 49.6. The van der Waals surface area contributed by atoms with Gasteiger partial charge < -0.3 is 15.3 Å². The number of hydrogen-bond acceptors (Lipinski definition) is 3. The second kappa shape index (κ2) is 8.24. The van der Waals surface area contributed by atoms with Crippen molar-refractivity contribution < 1.29 is 19.7 Å². The van der Waals surface area contributed by atoms with Crippen LogP contribution in [0.3, 0.4) is 0 Å². The molecule has 11 atom stereocenters. The topological polar surface area (TPSA) is 60.7 Å². The summed E-state index contributed by atoms with van der Waals surface area (Å²) in [6.07, 6.45) is 8.15. The summed E-state index contributed by atoms with van der Waals surface area (Å²) in [6, 6.07) is 0. The van der Waals surface area contributed by atoms with Crippen molar-refractivity contribution >= 4 is 0 Å². The Bertz CT molecular complexity index is 647. The van der Waals surface area contributed by atoms with Crippen molar-refractivity contribution in [3.8, 4) is 0 Å². The lowest BCUT2D eigenvalue weighted by atomic mass is 9.44. The van der Waals surface area contributed by atoms with Crippen molar-refractivity contribution in [2.24, 2.45) is 46.3 Å². The van der Waals surface area contributed by atoms with E-state index in [9.17, 15) is 19.7 Å². The number of aliphatic hydroxyl groups is 3. The van der Waals surface area contributed by atoms with Crippen molar-refractivity contribution in [1.82, 2.24) is 0 Å². The molecule has 0 radical (unpaired) electrons. The van der Waals surface area contributed by atoms with Gasteiger partial charge in [0.15, 0.2) is 0 Å². The maximum absolute atomic E-state index is 14.4. The van der Waals surface area contributed by atoms with Gasteiger partial charge in [0.1, 0.15) is 6.17 Å². The Morgan fingerprint density at radius 3 is 2.16 bits per heavy atom. The van der Waals surface area contributed by atoms with Gasteiger partial charge in [-0.1, -0.05) is 20.8 Å². The van der Waals surface area contributed by atoms with Crippen LogP contribution < -0.4 is 0 Å². The lowest BCUT2D eigenvalue weighted by Gasteiger charge is -2.62. The molecule has 0 amide bonds. The van der Waals surface area contributed by atoms with E-state index >= 15 is 0 Å². The van der Waals surface area contributed by atoms with Gasteiger partial charge in [-0.15, -0.1) is 0 Å². The van der Waals surface area contributed by atoms with Gasteiger partial charge in [0, 0.05) is 0 Å². The molecule has 1 unspecified atom stereocenters. The first kappa shape index (κ1) is 24.0. The first-order valence-electron chi connectivity index (χ1n) is 13.1. The average molecular weight is 439 g/mol. The number of rotatable bonds is 5. The average Bonchev–Trinajstić information content (AvgIpc) is 3.05. The van der Waals surface area contributed by atoms with Crippen LogP contribution in [0.15, 0.2) is 0 Å². The molecule has 0 saturated heterocycles. The number of fused-ring (bicyclic) bond motifs is 5. The first-order valence-corrected chi connectivity index (χ1v) is 13.1. The number of hydrogen-bond donors (Lipinski definition) is 3. The molecule has 0 aromatic heterocycles. The summed E-state index contributed by atoms with van der Waals surface area (Å²) >= 11 is 0. The highest BCUT2D eigenvalue weighted by Gasteiger charge is 2.61. The molecule has 0 aliphatic heterocycles. The van der Waals surface area contributed by atoms with Crippen LogP contribution in [-0.4, -0.2) is 39.3 Å². The van der Waals surface area contributed by atoms with Crippen LogP contribution in [0.4, 0.5) is 4.39 Å². The van der Waals surface area contributed by atoms with Crippen LogP contribution in [0, 0.1) is 46.3 Å². The van der Waals surface area contributed by atoms with Gasteiger partial charge in [-0.2, -0.15) is 0 Å². The van der Waals surface area contributed by atoms with E-state index in [1.54, 1.807) is 13.8 Å². The molecular weight excluding hydrogens is 391 g/mol. The Kier molecular flexibility index (Phi) is 6.36. The monoisotopic (exact) mass is 438 g/mol. The quantitative estimate of drug-likeness (QED) is 0.531. The molecule has 0 heterocycles. The SMILES string of the molecule is C[C@H](CCC(F)C(C)(C)O)[C@H]1CC[C@H]2[C@@H]3CC[C@H]4[C@@H](O)[C@@H](O)CC[C@]4(C)[C@H]3CC[C@]12C. The van der Waals surface area contributed by atoms with E-state index < -0.39 is 24.0 Å². The molecule has 180 valence electrons. The summed E-state index contributed by atoms with van der Waals surface area (Å²) in [6.45, 7) is 10.4. The molecule has 4 aliphatic rings. The molecule has 4 saturated carbocycles. The molecule has 3 nitrogen and oxygen atoms in total. The smallest absolute Gasteiger partial charge is 0.128 e. The Morgan fingerprint density at radius 1 is 0.871 bits per heavy atom. The maximum Gasteiger partial charge on any atom is 0.128 e.